The van der Waals surface area contributed by atoms with Crippen molar-refractivity contribution in [3.05, 3.63) is 78.1 Å². The first-order valence-corrected chi connectivity index (χ1v) is 6.00. The van der Waals surface area contributed by atoms with Crippen LogP contribution in [-0.2, 0) is 0 Å². The van der Waals surface area contributed by atoms with Gasteiger partial charge in [0.1, 0.15) is 0 Å². The first-order chi connectivity index (χ1) is 8.93. The fraction of sp³-hybridized carbons (Fsp3) is 0. The highest BCUT2D eigenvalue weighted by atomic mass is 14.7. The first-order valence-electron chi connectivity index (χ1n) is 6.00. The van der Waals surface area contributed by atoms with Gasteiger partial charge < -0.3 is 0 Å². The van der Waals surface area contributed by atoms with Crippen LogP contribution < -0.4 is 0 Å². The molecule has 0 aliphatic rings. The molecule has 0 bridgehead atoms. The van der Waals surface area contributed by atoms with Gasteiger partial charge in [-0.15, -0.1) is 0 Å². The molecule has 0 unspecified atom stereocenters. The van der Waals surface area contributed by atoms with Crippen LogP contribution in [0.3, 0.4) is 0 Å². The van der Waals surface area contributed by atoms with E-state index in [1.54, 1.807) is 0 Å². The second-order valence-corrected chi connectivity index (χ2v) is 4.16. The van der Waals surface area contributed by atoms with Crippen molar-refractivity contribution >= 4 is 22.9 Å². The lowest BCUT2D eigenvalue weighted by Gasteiger charge is -2.00. The van der Waals surface area contributed by atoms with E-state index in [1.807, 2.05) is 42.6 Å². The van der Waals surface area contributed by atoms with Crippen LogP contribution in [0.1, 0.15) is 11.3 Å². The van der Waals surface area contributed by atoms with E-state index in [0.717, 1.165) is 5.69 Å². The van der Waals surface area contributed by atoms with Gasteiger partial charge in [-0.2, -0.15) is 0 Å². The van der Waals surface area contributed by atoms with Gasteiger partial charge in [-0.05, 0) is 23.1 Å². The van der Waals surface area contributed by atoms with Crippen LogP contribution in [0.15, 0.2) is 66.9 Å². The minimum Gasteiger partial charge on any atom is -0.256 e. The fourth-order valence-electron chi connectivity index (χ4n) is 2.02. The fourth-order valence-corrected chi connectivity index (χ4v) is 2.02. The van der Waals surface area contributed by atoms with Gasteiger partial charge in [0.15, 0.2) is 0 Å². The van der Waals surface area contributed by atoms with Crippen molar-refractivity contribution in [2.24, 2.45) is 0 Å². The average Bonchev–Trinajstić information content (AvgIpc) is 2.46. The predicted molar refractivity (Wildman–Crippen MR) is 77.1 cm³/mol. The van der Waals surface area contributed by atoms with Gasteiger partial charge in [0.25, 0.3) is 0 Å². The van der Waals surface area contributed by atoms with Gasteiger partial charge in [-0.25, -0.2) is 0 Å². The van der Waals surface area contributed by atoms with E-state index in [1.165, 1.54) is 16.3 Å². The second kappa shape index (κ2) is 4.84. The van der Waals surface area contributed by atoms with Crippen molar-refractivity contribution in [2.75, 3.05) is 0 Å². The van der Waals surface area contributed by atoms with Crippen molar-refractivity contribution < 1.29 is 0 Å². The van der Waals surface area contributed by atoms with Crippen LogP contribution in [-0.4, -0.2) is 4.98 Å². The molecule has 1 nitrogen and oxygen atoms in total. The topological polar surface area (TPSA) is 12.9 Å². The first kappa shape index (κ1) is 10.7. The Kier molecular flexibility index (Phi) is 2.89. The van der Waals surface area contributed by atoms with Crippen molar-refractivity contribution in [1.29, 1.82) is 0 Å². The molecule has 0 atom stereocenters. The van der Waals surface area contributed by atoms with E-state index >= 15 is 0 Å². The third kappa shape index (κ3) is 2.16. The number of hydrogen-bond donors (Lipinski definition) is 0. The Morgan fingerprint density at radius 2 is 1.50 bits per heavy atom. The van der Waals surface area contributed by atoms with Crippen LogP contribution >= 0.6 is 0 Å². The van der Waals surface area contributed by atoms with Crippen molar-refractivity contribution in [2.45, 2.75) is 0 Å². The summed E-state index contributed by atoms with van der Waals surface area (Å²) >= 11 is 0. The Bertz CT molecular complexity index is 679. The lowest BCUT2D eigenvalue weighted by atomic mass is 10.1. The molecule has 1 aromatic heterocycles. The number of fused-ring (bicyclic) bond motifs is 1. The molecule has 0 aliphatic carbocycles. The molecule has 2 aromatic carbocycles. The van der Waals surface area contributed by atoms with Crippen LogP contribution in [0.4, 0.5) is 0 Å². The number of rotatable bonds is 2. The highest BCUT2D eigenvalue weighted by Crippen LogP contribution is 2.18. The van der Waals surface area contributed by atoms with Gasteiger partial charge in [0, 0.05) is 11.6 Å². The van der Waals surface area contributed by atoms with Gasteiger partial charge in [-0.1, -0.05) is 60.7 Å². The van der Waals surface area contributed by atoms with E-state index in [-0.39, 0.29) is 0 Å². The molecule has 0 N–H and O–H groups in total. The number of benzene rings is 2. The summed E-state index contributed by atoms with van der Waals surface area (Å²) in [7, 11) is 0. The molecule has 3 aromatic rings. The Hall–Kier alpha value is -2.41. The quantitative estimate of drug-likeness (QED) is 0.636. The standard InChI is InChI=1S/C17H13N/c1-2-6-14(7-3-1)10-11-17-16-9-5-4-8-15(16)12-13-18-17/h1-13H/b11-10+. The predicted octanol–water partition coefficient (Wildman–Crippen LogP) is 4.41. The zero-order chi connectivity index (χ0) is 12.2. The lowest BCUT2D eigenvalue weighted by molar-refractivity contribution is 1.33. The average molecular weight is 231 g/mol. The van der Waals surface area contributed by atoms with E-state index in [2.05, 4.69) is 41.4 Å². The summed E-state index contributed by atoms with van der Waals surface area (Å²) in [5, 5.41) is 2.41. The monoisotopic (exact) mass is 231 g/mol. The van der Waals surface area contributed by atoms with E-state index in [0.29, 0.717) is 0 Å². The third-order valence-corrected chi connectivity index (χ3v) is 2.94. The summed E-state index contributed by atoms with van der Waals surface area (Å²) in [6, 6.07) is 20.6. The molecule has 0 saturated carbocycles. The highest BCUT2D eigenvalue weighted by Gasteiger charge is 1.97. The normalized spacial score (nSPS) is 11.1. The molecular weight excluding hydrogens is 218 g/mol. The molecule has 0 spiro atoms. The second-order valence-electron chi connectivity index (χ2n) is 4.16. The molecule has 1 heteroatoms. The molecule has 0 radical (unpaired) electrons. The van der Waals surface area contributed by atoms with E-state index < -0.39 is 0 Å². The van der Waals surface area contributed by atoms with Crippen LogP contribution in [0, 0.1) is 0 Å². The summed E-state index contributed by atoms with van der Waals surface area (Å²) in [5.74, 6) is 0. The summed E-state index contributed by atoms with van der Waals surface area (Å²) in [4.78, 5) is 4.44. The van der Waals surface area contributed by atoms with Crippen LogP contribution in [0.25, 0.3) is 22.9 Å². The van der Waals surface area contributed by atoms with Crippen molar-refractivity contribution in [1.82, 2.24) is 4.98 Å². The van der Waals surface area contributed by atoms with Gasteiger partial charge in [0.05, 0.1) is 5.69 Å². The summed E-state index contributed by atoms with van der Waals surface area (Å²) < 4.78 is 0. The molecule has 0 amide bonds. The molecule has 0 aliphatic heterocycles. The number of pyridine rings is 1. The van der Waals surface area contributed by atoms with Crippen molar-refractivity contribution in [3.8, 4) is 0 Å². The number of hydrogen-bond acceptors (Lipinski definition) is 1. The minimum atomic E-state index is 1.01. The Morgan fingerprint density at radius 3 is 2.39 bits per heavy atom. The van der Waals surface area contributed by atoms with E-state index in [9.17, 15) is 0 Å². The van der Waals surface area contributed by atoms with Crippen LogP contribution in [0.5, 0.6) is 0 Å². The lowest BCUT2D eigenvalue weighted by Crippen LogP contribution is -1.82. The SMILES string of the molecule is C(=C\c1nccc2ccccc12)/c1ccccc1. The summed E-state index contributed by atoms with van der Waals surface area (Å²) in [5.41, 5.74) is 2.20. The molecule has 3 rings (SSSR count). The third-order valence-electron chi connectivity index (χ3n) is 2.94. The highest BCUT2D eigenvalue weighted by molar-refractivity contribution is 5.90. The Labute approximate surface area is 106 Å². The van der Waals surface area contributed by atoms with E-state index in [4.69, 9.17) is 0 Å². The summed E-state index contributed by atoms with van der Waals surface area (Å²) in [6.45, 7) is 0. The summed E-state index contributed by atoms with van der Waals surface area (Å²) in [6.07, 6.45) is 6.01. The molecule has 0 fully saturated rings. The van der Waals surface area contributed by atoms with Crippen LogP contribution in [0.2, 0.25) is 0 Å². The van der Waals surface area contributed by atoms with Gasteiger partial charge >= 0.3 is 0 Å². The van der Waals surface area contributed by atoms with Gasteiger partial charge in [-0.3, -0.25) is 4.98 Å². The smallest absolute Gasteiger partial charge is 0.0708 e. The zero-order valence-electron chi connectivity index (χ0n) is 9.95. The van der Waals surface area contributed by atoms with Gasteiger partial charge in [0.2, 0.25) is 0 Å². The molecule has 0 saturated heterocycles. The largest absolute Gasteiger partial charge is 0.256 e. The Morgan fingerprint density at radius 1 is 0.722 bits per heavy atom. The maximum atomic E-state index is 4.44. The van der Waals surface area contributed by atoms with Crippen molar-refractivity contribution in [3.63, 3.8) is 0 Å². The Balaban J connectivity index is 2.03. The molecule has 1 heterocycles. The molecular formula is C17H13N. The number of nitrogens with zero attached hydrogens (tertiary/aromatic N) is 1. The maximum absolute atomic E-state index is 4.44. The zero-order valence-corrected chi connectivity index (χ0v) is 9.95. The minimum absolute atomic E-state index is 1.01. The molecule has 86 valence electrons. The maximum Gasteiger partial charge on any atom is 0.0708 e. The number of aromatic nitrogens is 1. The molecule has 18 heavy (non-hydrogen) atoms.